The maximum absolute atomic E-state index is 13.6. The zero-order chi connectivity index (χ0) is 24.2. The van der Waals surface area contributed by atoms with Crippen LogP contribution in [0.4, 0.5) is 17.1 Å². The number of amides is 1. The predicted octanol–water partition coefficient (Wildman–Crippen LogP) is 5.71. The molecule has 1 saturated heterocycles. The summed E-state index contributed by atoms with van der Waals surface area (Å²) in [7, 11) is 1.72. The number of para-hydroxylation sites is 3. The zero-order valence-electron chi connectivity index (χ0n) is 20.3. The van der Waals surface area contributed by atoms with Gasteiger partial charge in [-0.3, -0.25) is 14.6 Å². The molecule has 182 valence electrons. The summed E-state index contributed by atoms with van der Waals surface area (Å²) in [5, 5.41) is 0.661. The van der Waals surface area contributed by atoms with Crippen LogP contribution in [0.5, 0.6) is 5.75 Å². The number of anilines is 3. The lowest BCUT2D eigenvalue weighted by Crippen LogP contribution is -2.46. The molecule has 6 heteroatoms. The van der Waals surface area contributed by atoms with Gasteiger partial charge in [0.1, 0.15) is 5.75 Å². The average molecular weight is 490 g/mol. The molecule has 3 aromatic rings. The molecule has 35 heavy (non-hydrogen) atoms. The van der Waals surface area contributed by atoms with Crippen molar-refractivity contribution in [2.75, 3.05) is 49.6 Å². The van der Waals surface area contributed by atoms with Gasteiger partial charge in [-0.2, -0.15) is 0 Å². The average Bonchev–Trinajstić information content (AvgIpc) is 3.05. The van der Waals surface area contributed by atoms with E-state index in [0.29, 0.717) is 11.4 Å². The molecule has 0 N–H and O–H groups in total. The molecule has 0 atom stereocenters. The van der Waals surface area contributed by atoms with Gasteiger partial charge in [0.05, 0.1) is 24.2 Å². The van der Waals surface area contributed by atoms with Crippen molar-refractivity contribution < 1.29 is 9.53 Å². The number of halogens is 1. The number of rotatable bonds is 6. The molecule has 2 aliphatic heterocycles. The molecule has 1 fully saturated rings. The van der Waals surface area contributed by atoms with E-state index in [2.05, 4.69) is 46.2 Å². The van der Waals surface area contributed by atoms with Gasteiger partial charge in [0.15, 0.2) is 0 Å². The maximum Gasteiger partial charge on any atom is 0.231 e. The smallest absolute Gasteiger partial charge is 0.231 e. The Morgan fingerprint density at radius 2 is 1.54 bits per heavy atom. The van der Waals surface area contributed by atoms with E-state index in [0.717, 1.165) is 74.8 Å². The van der Waals surface area contributed by atoms with Gasteiger partial charge in [0, 0.05) is 37.6 Å². The molecule has 0 spiro atoms. The molecular formula is C29H32ClN3O2. The third-order valence-corrected chi connectivity index (χ3v) is 7.33. The summed E-state index contributed by atoms with van der Waals surface area (Å²) < 4.78 is 5.53. The highest BCUT2D eigenvalue weighted by Gasteiger charge is 2.26. The summed E-state index contributed by atoms with van der Waals surface area (Å²) in [6.07, 6.45) is 3.17. The molecule has 0 aliphatic carbocycles. The second-order valence-electron chi connectivity index (χ2n) is 9.23. The third-order valence-electron chi connectivity index (χ3n) is 7.10. The Kier molecular flexibility index (Phi) is 7.26. The van der Waals surface area contributed by atoms with Crippen LogP contribution in [0.3, 0.4) is 0 Å². The van der Waals surface area contributed by atoms with E-state index in [9.17, 15) is 4.79 Å². The van der Waals surface area contributed by atoms with Crippen molar-refractivity contribution in [1.82, 2.24) is 4.90 Å². The van der Waals surface area contributed by atoms with Crippen molar-refractivity contribution in [1.29, 1.82) is 0 Å². The monoisotopic (exact) mass is 489 g/mol. The fourth-order valence-electron chi connectivity index (χ4n) is 5.23. The minimum Gasteiger partial charge on any atom is -0.495 e. The first-order valence-electron chi connectivity index (χ1n) is 12.4. The number of hydrogen-bond donors (Lipinski definition) is 0. The number of hydrogen-bond acceptors (Lipinski definition) is 4. The SMILES string of the molecule is COc1ccccc1N1CCN(CCCC(=O)N2c3ccccc3CCc3ccc(Cl)cc32)CC1. The first-order chi connectivity index (χ1) is 17.1. The zero-order valence-corrected chi connectivity index (χ0v) is 21.0. The normalized spacial score (nSPS) is 15.8. The van der Waals surface area contributed by atoms with E-state index in [1.165, 1.54) is 11.1 Å². The first kappa shape index (κ1) is 23.7. The molecule has 2 aliphatic rings. The lowest BCUT2D eigenvalue weighted by atomic mass is 10.0. The number of carbonyl (C=O) groups excluding carboxylic acids is 1. The molecule has 0 bridgehead atoms. The van der Waals surface area contributed by atoms with Gasteiger partial charge in [-0.25, -0.2) is 0 Å². The van der Waals surface area contributed by atoms with Crippen LogP contribution in [-0.4, -0.2) is 50.6 Å². The van der Waals surface area contributed by atoms with Gasteiger partial charge in [-0.1, -0.05) is 48.0 Å². The number of fused-ring (bicyclic) bond motifs is 2. The Balaban J connectivity index is 1.22. The third kappa shape index (κ3) is 5.16. The topological polar surface area (TPSA) is 36.0 Å². The van der Waals surface area contributed by atoms with E-state index in [1.54, 1.807) is 7.11 Å². The number of piperazine rings is 1. The van der Waals surface area contributed by atoms with Crippen molar-refractivity contribution in [2.24, 2.45) is 0 Å². The molecular weight excluding hydrogens is 458 g/mol. The van der Waals surface area contributed by atoms with Crippen LogP contribution in [0.2, 0.25) is 5.02 Å². The number of nitrogens with zero attached hydrogens (tertiary/aromatic N) is 3. The molecule has 0 unspecified atom stereocenters. The number of carbonyl (C=O) groups is 1. The number of ether oxygens (including phenoxy) is 1. The summed E-state index contributed by atoms with van der Waals surface area (Å²) in [6, 6.07) is 22.4. The summed E-state index contributed by atoms with van der Waals surface area (Å²) >= 11 is 6.35. The van der Waals surface area contributed by atoms with Crippen LogP contribution in [0.25, 0.3) is 0 Å². The van der Waals surface area contributed by atoms with Crippen LogP contribution in [-0.2, 0) is 17.6 Å². The van der Waals surface area contributed by atoms with Crippen molar-refractivity contribution in [3.8, 4) is 5.75 Å². The number of methoxy groups -OCH3 is 1. The molecule has 3 aromatic carbocycles. The Labute approximate surface area is 212 Å². The van der Waals surface area contributed by atoms with Crippen LogP contribution >= 0.6 is 11.6 Å². The highest BCUT2D eigenvalue weighted by Crippen LogP contribution is 2.38. The van der Waals surface area contributed by atoms with Crippen molar-refractivity contribution in [2.45, 2.75) is 25.7 Å². The first-order valence-corrected chi connectivity index (χ1v) is 12.8. The summed E-state index contributed by atoms with van der Waals surface area (Å²) in [5.74, 6) is 1.06. The summed E-state index contributed by atoms with van der Waals surface area (Å²) in [4.78, 5) is 20.3. The fourth-order valence-corrected chi connectivity index (χ4v) is 5.40. The maximum atomic E-state index is 13.6. The lowest BCUT2D eigenvalue weighted by molar-refractivity contribution is -0.118. The predicted molar refractivity (Wildman–Crippen MR) is 143 cm³/mol. The minimum atomic E-state index is 0.135. The van der Waals surface area contributed by atoms with Crippen molar-refractivity contribution in [3.05, 3.63) is 82.9 Å². The molecule has 0 radical (unpaired) electrons. The quantitative estimate of drug-likeness (QED) is 0.444. The summed E-state index contributed by atoms with van der Waals surface area (Å²) in [6.45, 7) is 4.80. The Morgan fingerprint density at radius 3 is 2.31 bits per heavy atom. The second kappa shape index (κ2) is 10.7. The van der Waals surface area contributed by atoms with Crippen LogP contribution in [0, 0.1) is 0 Å². The van der Waals surface area contributed by atoms with Gasteiger partial charge < -0.3 is 9.64 Å². The van der Waals surface area contributed by atoms with Crippen molar-refractivity contribution >= 4 is 34.6 Å². The van der Waals surface area contributed by atoms with E-state index in [1.807, 2.05) is 35.2 Å². The second-order valence-corrected chi connectivity index (χ2v) is 9.67. The highest BCUT2D eigenvalue weighted by atomic mass is 35.5. The number of benzene rings is 3. The lowest BCUT2D eigenvalue weighted by Gasteiger charge is -2.36. The highest BCUT2D eigenvalue weighted by molar-refractivity contribution is 6.31. The molecule has 2 heterocycles. The molecule has 0 saturated carbocycles. The minimum absolute atomic E-state index is 0.135. The fraction of sp³-hybridized carbons (Fsp3) is 0.345. The Morgan fingerprint density at radius 1 is 0.857 bits per heavy atom. The molecule has 0 aromatic heterocycles. The van der Waals surface area contributed by atoms with Gasteiger partial charge in [-0.15, -0.1) is 0 Å². The standard InChI is InChI=1S/C29H32ClN3O2/c1-35-28-10-5-4-9-26(28)32-19-17-31(18-20-32)16-6-11-29(34)33-25-8-3-2-7-22(25)12-13-23-14-15-24(30)21-27(23)33/h2-5,7-10,14-15,21H,6,11-13,16-20H2,1H3. The van der Waals surface area contributed by atoms with E-state index in [4.69, 9.17) is 16.3 Å². The molecule has 5 nitrogen and oxygen atoms in total. The van der Waals surface area contributed by atoms with Gasteiger partial charge in [0.25, 0.3) is 0 Å². The van der Waals surface area contributed by atoms with Crippen LogP contribution in [0.15, 0.2) is 66.7 Å². The Bertz CT molecular complexity index is 1190. The number of aryl methyl sites for hydroxylation is 2. The van der Waals surface area contributed by atoms with E-state index >= 15 is 0 Å². The molecule has 5 rings (SSSR count). The van der Waals surface area contributed by atoms with Crippen LogP contribution in [0.1, 0.15) is 24.0 Å². The summed E-state index contributed by atoms with van der Waals surface area (Å²) in [5.41, 5.74) is 5.45. The largest absolute Gasteiger partial charge is 0.495 e. The van der Waals surface area contributed by atoms with Gasteiger partial charge in [-0.05, 0) is 67.3 Å². The Hall–Kier alpha value is -3.02. The van der Waals surface area contributed by atoms with E-state index in [-0.39, 0.29) is 5.91 Å². The van der Waals surface area contributed by atoms with E-state index < -0.39 is 0 Å². The van der Waals surface area contributed by atoms with Crippen LogP contribution < -0.4 is 14.5 Å². The molecule has 1 amide bonds. The van der Waals surface area contributed by atoms with Gasteiger partial charge >= 0.3 is 0 Å². The van der Waals surface area contributed by atoms with Gasteiger partial charge in [0.2, 0.25) is 5.91 Å². The van der Waals surface area contributed by atoms with Crippen molar-refractivity contribution in [3.63, 3.8) is 0 Å².